The van der Waals surface area contributed by atoms with Gasteiger partial charge in [-0.1, -0.05) is 0 Å². The van der Waals surface area contributed by atoms with Crippen LogP contribution < -0.4 is 0 Å². The Balaban J connectivity index is 2.61. The van der Waals surface area contributed by atoms with Crippen LogP contribution in [0, 0.1) is 0 Å². The predicted octanol–water partition coefficient (Wildman–Crippen LogP) is 0.120. The number of ether oxygens (including phenoxy) is 1. The van der Waals surface area contributed by atoms with Gasteiger partial charge in [-0.05, 0) is 13.8 Å². The highest BCUT2D eigenvalue weighted by atomic mass is 32.2. The molecule has 0 aromatic carbocycles. The zero-order valence-corrected chi connectivity index (χ0v) is 10.9. The molecule has 1 fully saturated rings. The summed E-state index contributed by atoms with van der Waals surface area (Å²) in [6.45, 7) is 3.62. The molecule has 1 aliphatic rings. The lowest BCUT2D eigenvalue weighted by Gasteiger charge is -2.43. The van der Waals surface area contributed by atoms with Gasteiger partial charge in [0.2, 0.25) is 0 Å². The number of hydrogen-bond donors (Lipinski definition) is 1. The van der Waals surface area contributed by atoms with Gasteiger partial charge >= 0.3 is 6.09 Å². The van der Waals surface area contributed by atoms with Crippen LogP contribution in [0.15, 0.2) is 0 Å². The minimum Gasteiger partial charge on any atom is -0.465 e. The number of carbonyl (C=O) groups is 1. The van der Waals surface area contributed by atoms with Crippen molar-refractivity contribution in [1.82, 2.24) is 4.90 Å². The van der Waals surface area contributed by atoms with E-state index in [0.29, 0.717) is 0 Å². The summed E-state index contributed by atoms with van der Waals surface area (Å²) in [6, 6.07) is 0. The van der Waals surface area contributed by atoms with Crippen LogP contribution in [-0.2, 0) is 19.0 Å². The second kappa shape index (κ2) is 4.79. The number of carboxylic acid groups (broad SMARTS) is 1. The summed E-state index contributed by atoms with van der Waals surface area (Å²) >= 11 is 0. The molecule has 1 atom stereocenters. The van der Waals surface area contributed by atoms with Crippen LogP contribution in [0.4, 0.5) is 4.79 Å². The summed E-state index contributed by atoms with van der Waals surface area (Å²) in [6.07, 6.45) is -0.675. The Morgan fingerprint density at radius 1 is 1.59 bits per heavy atom. The summed E-state index contributed by atoms with van der Waals surface area (Å²) in [5.74, 6) is 0. The first-order chi connectivity index (χ1) is 7.62. The van der Waals surface area contributed by atoms with E-state index in [1.165, 1.54) is 4.90 Å². The van der Waals surface area contributed by atoms with E-state index in [1.54, 1.807) is 13.8 Å². The number of amides is 1. The number of rotatable bonds is 3. The Morgan fingerprint density at radius 3 is 2.65 bits per heavy atom. The average Bonchev–Trinajstić information content (AvgIpc) is 2.13. The Kier molecular flexibility index (Phi) is 4.00. The molecule has 0 unspecified atom stereocenters. The molecule has 1 rings (SSSR count). The molecule has 7 nitrogen and oxygen atoms in total. The Morgan fingerprint density at radius 2 is 2.18 bits per heavy atom. The van der Waals surface area contributed by atoms with Gasteiger partial charge in [0.1, 0.15) is 6.10 Å². The van der Waals surface area contributed by atoms with Crippen LogP contribution in [0.25, 0.3) is 0 Å². The summed E-state index contributed by atoms with van der Waals surface area (Å²) in [7, 11) is -3.54. The summed E-state index contributed by atoms with van der Waals surface area (Å²) in [5, 5.41) is 9.03. The van der Waals surface area contributed by atoms with Crippen molar-refractivity contribution in [3.8, 4) is 0 Å². The molecule has 1 amide bonds. The zero-order chi connectivity index (χ0) is 13.3. The molecule has 1 N–H and O–H groups in total. The molecule has 17 heavy (non-hydrogen) atoms. The largest absolute Gasteiger partial charge is 0.465 e. The van der Waals surface area contributed by atoms with Gasteiger partial charge in [0.15, 0.2) is 0 Å². The fourth-order valence-corrected chi connectivity index (χ4v) is 1.94. The fourth-order valence-electron chi connectivity index (χ4n) is 1.54. The molecular formula is C9H17NO6S. The molecule has 0 spiro atoms. The first-order valence-corrected chi connectivity index (χ1v) is 6.90. The molecule has 1 aliphatic heterocycles. The van der Waals surface area contributed by atoms with Crippen LogP contribution in [0.5, 0.6) is 0 Å². The summed E-state index contributed by atoms with van der Waals surface area (Å²) in [4.78, 5) is 12.3. The van der Waals surface area contributed by atoms with Crippen molar-refractivity contribution in [2.75, 3.05) is 26.0 Å². The van der Waals surface area contributed by atoms with Crippen molar-refractivity contribution >= 4 is 16.2 Å². The molecule has 1 heterocycles. The minimum atomic E-state index is -3.54. The second-order valence-electron chi connectivity index (χ2n) is 4.63. The predicted molar refractivity (Wildman–Crippen MR) is 59.3 cm³/mol. The van der Waals surface area contributed by atoms with E-state index in [1.807, 2.05) is 0 Å². The van der Waals surface area contributed by atoms with E-state index in [2.05, 4.69) is 4.18 Å². The van der Waals surface area contributed by atoms with Crippen molar-refractivity contribution in [3.63, 3.8) is 0 Å². The summed E-state index contributed by atoms with van der Waals surface area (Å²) in [5.41, 5.74) is -0.618. The van der Waals surface area contributed by atoms with Gasteiger partial charge in [-0.2, -0.15) is 8.42 Å². The lowest BCUT2D eigenvalue weighted by atomic mass is 10.0. The molecule has 100 valence electrons. The van der Waals surface area contributed by atoms with Gasteiger partial charge in [0, 0.05) is 0 Å². The smallest absolute Gasteiger partial charge is 0.407 e. The van der Waals surface area contributed by atoms with Crippen molar-refractivity contribution in [3.05, 3.63) is 0 Å². The maximum absolute atomic E-state index is 11.0. The summed E-state index contributed by atoms with van der Waals surface area (Å²) < 4.78 is 31.6. The zero-order valence-electron chi connectivity index (χ0n) is 10.0. The topological polar surface area (TPSA) is 93.1 Å². The van der Waals surface area contributed by atoms with Crippen LogP contribution in [0.2, 0.25) is 0 Å². The molecule has 8 heteroatoms. The van der Waals surface area contributed by atoms with Gasteiger partial charge in [-0.25, -0.2) is 4.79 Å². The molecule has 0 aromatic heterocycles. The highest BCUT2D eigenvalue weighted by Gasteiger charge is 2.38. The highest BCUT2D eigenvalue weighted by Crippen LogP contribution is 2.22. The van der Waals surface area contributed by atoms with E-state index in [9.17, 15) is 13.2 Å². The van der Waals surface area contributed by atoms with Gasteiger partial charge < -0.3 is 9.84 Å². The molecular weight excluding hydrogens is 250 g/mol. The van der Waals surface area contributed by atoms with Gasteiger partial charge in [0.05, 0.1) is 31.6 Å². The van der Waals surface area contributed by atoms with E-state index in [-0.39, 0.29) is 19.8 Å². The van der Waals surface area contributed by atoms with Crippen molar-refractivity contribution in [2.45, 2.75) is 25.5 Å². The number of morpholine rings is 1. The molecule has 0 saturated carbocycles. The molecule has 1 saturated heterocycles. The van der Waals surface area contributed by atoms with Crippen molar-refractivity contribution in [1.29, 1.82) is 0 Å². The Labute approximate surface area is 100 Å². The first-order valence-electron chi connectivity index (χ1n) is 5.08. The second-order valence-corrected chi connectivity index (χ2v) is 6.27. The minimum absolute atomic E-state index is 0.0951. The van der Waals surface area contributed by atoms with Crippen molar-refractivity contribution in [2.24, 2.45) is 0 Å². The highest BCUT2D eigenvalue weighted by molar-refractivity contribution is 7.85. The van der Waals surface area contributed by atoms with Crippen LogP contribution in [0.1, 0.15) is 13.8 Å². The molecule has 0 aromatic rings. The molecule has 0 aliphatic carbocycles. The Hall–Kier alpha value is -0.860. The third-order valence-corrected chi connectivity index (χ3v) is 3.05. The standard InChI is InChI=1S/C9H17NO6S/c1-9(2)6-15-7(4-10(9)8(11)12)5-16-17(3,13)14/h7H,4-6H2,1-3H3,(H,11,12)/t7-/m1/s1. The monoisotopic (exact) mass is 267 g/mol. The third kappa shape index (κ3) is 4.14. The normalized spacial score (nSPS) is 24.6. The average molecular weight is 267 g/mol. The van der Waals surface area contributed by atoms with Crippen LogP contribution >= 0.6 is 0 Å². The van der Waals surface area contributed by atoms with Gasteiger partial charge in [-0.3, -0.25) is 9.08 Å². The third-order valence-electron chi connectivity index (χ3n) is 2.49. The van der Waals surface area contributed by atoms with Crippen LogP contribution in [-0.4, -0.2) is 62.2 Å². The number of hydrogen-bond acceptors (Lipinski definition) is 5. The van der Waals surface area contributed by atoms with E-state index < -0.39 is 27.9 Å². The lowest BCUT2D eigenvalue weighted by Crippen LogP contribution is -2.58. The maximum Gasteiger partial charge on any atom is 0.407 e. The molecule has 0 radical (unpaired) electrons. The van der Waals surface area contributed by atoms with E-state index >= 15 is 0 Å². The SMILES string of the molecule is CC1(C)CO[C@@H](COS(C)(=O)=O)CN1C(=O)O. The van der Waals surface area contributed by atoms with E-state index in [0.717, 1.165) is 6.26 Å². The molecule has 0 bridgehead atoms. The van der Waals surface area contributed by atoms with Gasteiger partial charge in [-0.15, -0.1) is 0 Å². The lowest BCUT2D eigenvalue weighted by molar-refractivity contribution is -0.0971. The van der Waals surface area contributed by atoms with Gasteiger partial charge in [0.25, 0.3) is 10.1 Å². The maximum atomic E-state index is 11.0. The van der Waals surface area contributed by atoms with Crippen molar-refractivity contribution < 1.29 is 27.2 Å². The Bertz CT molecular complexity index is 390. The van der Waals surface area contributed by atoms with E-state index in [4.69, 9.17) is 9.84 Å². The quantitative estimate of drug-likeness (QED) is 0.730. The van der Waals surface area contributed by atoms with Crippen LogP contribution in [0.3, 0.4) is 0 Å². The number of nitrogens with zero attached hydrogens (tertiary/aromatic N) is 1. The first kappa shape index (κ1) is 14.2. The fraction of sp³-hybridized carbons (Fsp3) is 0.889.